The SMILES string of the molecule is COc1ccccc1NC(=O)Cc1noc(COC(=O)[C@H]2Cc3ccccc3C(=O)O2)n1. The summed E-state index contributed by atoms with van der Waals surface area (Å²) < 4.78 is 20.5. The first kappa shape index (κ1) is 21.0. The molecule has 0 saturated carbocycles. The van der Waals surface area contributed by atoms with E-state index in [2.05, 4.69) is 15.5 Å². The first-order valence-corrected chi connectivity index (χ1v) is 9.73. The van der Waals surface area contributed by atoms with Crippen molar-refractivity contribution in [3.8, 4) is 5.75 Å². The zero-order chi connectivity index (χ0) is 22.5. The number of benzene rings is 2. The number of ether oxygens (including phenoxy) is 3. The van der Waals surface area contributed by atoms with E-state index in [1.807, 2.05) is 0 Å². The van der Waals surface area contributed by atoms with Gasteiger partial charge in [-0.1, -0.05) is 35.5 Å². The van der Waals surface area contributed by atoms with Gasteiger partial charge in [-0.15, -0.1) is 0 Å². The van der Waals surface area contributed by atoms with Gasteiger partial charge >= 0.3 is 11.9 Å². The number of hydrogen-bond acceptors (Lipinski definition) is 9. The molecule has 1 N–H and O–H groups in total. The Bertz CT molecular complexity index is 1160. The van der Waals surface area contributed by atoms with E-state index >= 15 is 0 Å². The number of hydrogen-bond donors (Lipinski definition) is 1. The van der Waals surface area contributed by atoms with Crippen molar-refractivity contribution in [2.24, 2.45) is 0 Å². The van der Waals surface area contributed by atoms with Gasteiger partial charge in [0.2, 0.25) is 12.0 Å². The monoisotopic (exact) mass is 437 g/mol. The van der Waals surface area contributed by atoms with E-state index in [1.165, 1.54) is 7.11 Å². The number of nitrogens with zero attached hydrogens (tertiary/aromatic N) is 2. The molecule has 0 radical (unpaired) electrons. The normalized spacial score (nSPS) is 14.8. The molecule has 0 saturated heterocycles. The molecule has 0 bridgehead atoms. The third kappa shape index (κ3) is 4.75. The first-order chi connectivity index (χ1) is 15.5. The summed E-state index contributed by atoms with van der Waals surface area (Å²) in [6, 6.07) is 13.9. The van der Waals surface area contributed by atoms with Gasteiger partial charge in [0.05, 0.1) is 24.8 Å². The van der Waals surface area contributed by atoms with E-state index in [-0.39, 0.29) is 37.1 Å². The Kier molecular flexibility index (Phi) is 6.11. The zero-order valence-electron chi connectivity index (χ0n) is 17.1. The van der Waals surface area contributed by atoms with E-state index < -0.39 is 18.0 Å². The molecule has 1 aliphatic rings. The minimum absolute atomic E-state index is 0.0148. The number of carbonyl (C=O) groups excluding carboxylic acids is 3. The number of anilines is 1. The summed E-state index contributed by atoms with van der Waals surface area (Å²) in [4.78, 5) is 40.6. The molecule has 0 aliphatic carbocycles. The van der Waals surface area contributed by atoms with Crippen LogP contribution in [0.15, 0.2) is 53.1 Å². The van der Waals surface area contributed by atoms with E-state index in [4.69, 9.17) is 18.7 Å². The van der Waals surface area contributed by atoms with Gasteiger partial charge in [-0.2, -0.15) is 4.98 Å². The van der Waals surface area contributed by atoms with Crippen molar-refractivity contribution in [1.82, 2.24) is 10.1 Å². The highest BCUT2D eigenvalue weighted by Crippen LogP contribution is 2.23. The lowest BCUT2D eigenvalue weighted by Gasteiger charge is -2.22. The van der Waals surface area contributed by atoms with E-state index in [0.717, 1.165) is 0 Å². The molecule has 1 aromatic heterocycles. The Labute approximate surface area is 182 Å². The van der Waals surface area contributed by atoms with Gasteiger partial charge in [-0.3, -0.25) is 4.79 Å². The van der Waals surface area contributed by atoms with Crippen molar-refractivity contribution in [1.29, 1.82) is 0 Å². The molecule has 0 fully saturated rings. The van der Waals surface area contributed by atoms with Gasteiger partial charge in [-0.25, -0.2) is 9.59 Å². The summed E-state index contributed by atoms with van der Waals surface area (Å²) in [6.45, 7) is -0.310. The number of carbonyl (C=O) groups is 3. The first-order valence-electron chi connectivity index (χ1n) is 9.73. The molecule has 1 amide bonds. The van der Waals surface area contributed by atoms with E-state index in [0.29, 0.717) is 22.6 Å². The highest BCUT2D eigenvalue weighted by molar-refractivity contribution is 5.95. The Balaban J connectivity index is 1.29. The second kappa shape index (κ2) is 9.29. The van der Waals surface area contributed by atoms with Crippen molar-refractivity contribution < 1.29 is 33.1 Å². The fourth-order valence-electron chi connectivity index (χ4n) is 3.20. The number of amides is 1. The van der Waals surface area contributed by atoms with Crippen molar-refractivity contribution in [2.75, 3.05) is 12.4 Å². The highest BCUT2D eigenvalue weighted by atomic mass is 16.6. The number of aromatic nitrogens is 2. The van der Waals surface area contributed by atoms with Crippen LogP contribution >= 0.6 is 0 Å². The van der Waals surface area contributed by atoms with Crippen LogP contribution in [0.1, 0.15) is 27.6 Å². The predicted octanol–water partition coefficient (Wildman–Crippen LogP) is 2.08. The van der Waals surface area contributed by atoms with Gasteiger partial charge in [0.1, 0.15) is 5.75 Å². The average Bonchev–Trinajstić information content (AvgIpc) is 3.24. The fraction of sp³-hybridized carbons (Fsp3) is 0.227. The molecule has 164 valence electrons. The Hall–Kier alpha value is -4.21. The van der Waals surface area contributed by atoms with Crippen LogP contribution in [-0.2, 0) is 38.5 Å². The molecule has 4 rings (SSSR count). The van der Waals surface area contributed by atoms with Crippen LogP contribution in [0.25, 0.3) is 0 Å². The van der Waals surface area contributed by atoms with Crippen molar-refractivity contribution in [2.45, 2.75) is 25.6 Å². The number of fused-ring (bicyclic) bond motifs is 1. The number of esters is 2. The van der Waals surface area contributed by atoms with E-state index in [9.17, 15) is 14.4 Å². The molecule has 0 unspecified atom stereocenters. The minimum atomic E-state index is -1.05. The molecule has 2 aromatic carbocycles. The number of para-hydroxylation sites is 2. The third-order valence-electron chi connectivity index (χ3n) is 4.70. The summed E-state index contributed by atoms with van der Waals surface area (Å²) in [5, 5.41) is 6.42. The predicted molar refractivity (Wildman–Crippen MR) is 109 cm³/mol. The third-order valence-corrected chi connectivity index (χ3v) is 4.70. The highest BCUT2D eigenvalue weighted by Gasteiger charge is 2.32. The summed E-state index contributed by atoms with van der Waals surface area (Å²) in [5.41, 5.74) is 1.66. The van der Waals surface area contributed by atoms with Crippen molar-refractivity contribution in [3.63, 3.8) is 0 Å². The maximum absolute atomic E-state index is 12.3. The largest absolute Gasteiger partial charge is 0.495 e. The number of rotatable bonds is 7. The minimum Gasteiger partial charge on any atom is -0.495 e. The van der Waals surface area contributed by atoms with Crippen LogP contribution in [-0.4, -0.2) is 41.2 Å². The van der Waals surface area contributed by atoms with Gasteiger partial charge in [0, 0.05) is 6.42 Å². The van der Waals surface area contributed by atoms with Crippen molar-refractivity contribution >= 4 is 23.5 Å². The zero-order valence-corrected chi connectivity index (χ0v) is 17.1. The number of nitrogens with one attached hydrogen (secondary N) is 1. The maximum Gasteiger partial charge on any atom is 0.348 e. The van der Waals surface area contributed by atoms with Gasteiger partial charge in [0.15, 0.2) is 12.4 Å². The van der Waals surface area contributed by atoms with Gasteiger partial charge < -0.3 is 24.1 Å². The molecule has 1 aliphatic heterocycles. The Morgan fingerprint density at radius 1 is 1.16 bits per heavy atom. The lowest BCUT2D eigenvalue weighted by molar-refractivity contribution is -0.156. The van der Waals surface area contributed by atoms with Crippen LogP contribution < -0.4 is 10.1 Å². The molecule has 1 atom stereocenters. The maximum atomic E-state index is 12.3. The lowest BCUT2D eigenvalue weighted by Crippen LogP contribution is -2.35. The molecule has 10 heteroatoms. The van der Waals surface area contributed by atoms with Crippen LogP contribution in [0.5, 0.6) is 5.75 Å². The van der Waals surface area contributed by atoms with Crippen molar-refractivity contribution in [3.05, 3.63) is 71.4 Å². The van der Waals surface area contributed by atoms with Crippen LogP contribution in [0.4, 0.5) is 5.69 Å². The quantitative estimate of drug-likeness (QED) is 0.552. The molecule has 0 spiro atoms. The average molecular weight is 437 g/mol. The summed E-state index contributed by atoms with van der Waals surface area (Å²) >= 11 is 0. The number of methoxy groups -OCH3 is 1. The summed E-state index contributed by atoms with van der Waals surface area (Å²) in [6.07, 6.45) is -0.975. The molecule has 10 nitrogen and oxygen atoms in total. The molecule has 2 heterocycles. The Morgan fingerprint density at radius 2 is 1.94 bits per heavy atom. The Morgan fingerprint density at radius 3 is 2.78 bits per heavy atom. The lowest BCUT2D eigenvalue weighted by atomic mass is 9.99. The number of cyclic esters (lactones) is 1. The van der Waals surface area contributed by atoms with Gasteiger partial charge in [-0.05, 0) is 23.8 Å². The smallest absolute Gasteiger partial charge is 0.348 e. The van der Waals surface area contributed by atoms with Crippen LogP contribution in [0, 0.1) is 0 Å². The summed E-state index contributed by atoms with van der Waals surface area (Å²) in [7, 11) is 1.50. The van der Waals surface area contributed by atoms with Crippen LogP contribution in [0.3, 0.4) is 0 Å². The standard InChI is InChI=1S/C22H19N3O7/c1-29-16-9-5-4-8-15(16)23-19(26)11-18-24-20(32-25-18)12-30-22(28)17-10-13-6-2-3-7-14(13)21(27)31-17/h2-9,17H,10-12H2,1H3,(H,23,26)/t17-/m1/s1. The summed E-state index contributed by atoms with van der Waals surface area (Å²) in [5.74, 6) is -1.00. The second-order valence-electron chi connectivity index (χ2n) is 6.89. The second-order valence-corrected chi connectivity index (χ2v) is 6.89. The van der Waals surface area contributed by atoms with Crippen LogP contribution in [0.2, 0.25) is 0 Å². The molecule has 3 aromatic rings. The molecule has 32 heavy (non-hydrogen) atoms. The van der Waals surface area contributed by atoms with E-state index in [1.54, 1.807) is 48.5 Å². The topological polar surface area (TPSA) is 130 Å². The molecular weight excluding hydrogens is 418 g/mol. The molecular formula is C22H19N3O7. The fourth-order valence-corrected chi connectivity index (χ4v) is 3.20. The van der Waals surface area contributed by atoms with Gasteiger partial charge in [0.25, 0.3) is 5.89 Å².